The van der Waals surface area contributed by atoms with Crippen LogP contribution in [0.5, 0.6) is 0 Å². The van der Waals surface area contributed by atoms with Crippen molar-refractivity contribution in [1.29, 1.82) is 0 Å². The average Bonchev–Trinajstić information content (AvgIpc) is 2.16. The number of aryl methyl sites for hydroxylation is 2. The quantitative estimate of drug-likeness (QED) is 0.800. The SMILES string of the molecule is Cc1cc(NC(C)C)c2c(n1)CCCC2. The van der Waals surface area contributed by atoms with Crippen LogP contribution < -0.4 is 5.32 Å². The highest BCUT2D eigenvalue weighted by atomic mass is 14.9. The molecule has 2 heteroatoms. The minimum Gasteiger partial charge on any atom is -0.383 e. The number of aromatic nitrogens is 1. The molecule has 1 heterocycles. The zero-order valence-electron chi connectivity index (χ0n) is 9.93. The fraction of sp³-hybridized carbons (Fsp3) is 0.615. The van der Waals surface area contributed by atoms with Gasteiger partial charge in [0.05, 0.1) is 0 Å². The molecule has 1 N–H and O–H groups in total. The van der Waals surface area contributed by atoms with Gasteiger partial charge in [-0.15, -0.1) is 0 Å². The predicted octanol–water partition coefficient (Wildman–Crippen LogP) is 3.09. The van der Waals surface area contributed by atoms with Gasteiger partial charge in [0, 0.05) is 23.1 Å². The summed E-state index contributed by atoms with van der Waals surface area (Å²) in [5.74, 6) is 0. The van der Waals surface area contributed by atoms with E-state index in [1.807, 2.05) is 0 Å². The summed E-state index contributed by atoms with van der Waals surface area (Å²) in [5, 5.41) is 3.53. The monoisotopic (exact) mass is 204 g/mol. The highest BCUT2D eigenvalue weighted by Crippen LogP contribution is 2.27. The van der Waals surface area contributed by atoms with Gasteiger partial charge >= 0.3 is 0 Å². The van der Waals surface area contributed by atoms with E-state index < -0.39 is 0 Å². The average molecular weight is 204 g/mol. The van der Waals surface area contributed by atoms with Crippen LogP contribution in [0.3, 0.4) is 0 Å². The molecular formula is C13H20N2. The zero-order chi connectivity index (χ0) is 10.8. The number of fused-ring (bicyclic) bond motifs is 1. The van der Waals surface area contributed by atoms with E-state index in [1.54, 1.807) is 0 Å². The molecule has 1 aliphatic rings. The lowest BCUT2D eigenvalue weighted by atomic mass is 9.94. The standard InChI is InChI=1S/C13H20N2/c1-9(2)14-13-8-10(3)15-12-7-5-4-6-11(12)13/h8-9H,4-7H2,1-3H3,(H,14,15). The van der Waals surface area contributed by atoms with Crippen LogP contribution >= 0.6 is 0 Å². The third kappa shape index (κ3) is 2.31. The topological polar surface area (TPSA) is 24.9 Å². The van der Waals surface area contributed by atoms with Crippen molar-refractivity contribution in [2.24, 2.45) is 0 Å². The molecule has 82 valence electrons. The maximum Gasteiger partial charge on any atom is 0.0459 e. The highest BCUT2D eigenvalue weighted by Gasteiger charge is 2.15. The van der Waals surface area contributed by atoms with E-state index in [4.69, 9.17) is 0 Å². The predicted molar refractivity (Wildman–Crippen MR) is 64.4 cm³/mol. The number of hydrogen-bond acceptors (Lipinski definition) is 2. The van der Waals surface area contributed by atoms with Crippen LogP contribution in [0, 0.1) is 6.92 Å². The summed E-state index contributed by atoms with van der Waals surface area (Å²) in [5.41, 5.74) is 5.23. The van der Waals surface area contributed by atoms with E-state index in [0.717, 1.165) is 12.1 Å². The van der Waals surface area contributed by atoms with Crippen molar-refractivity contribution in [2.45, 2.75) is 52.5 Å². The molecule has 0 unspecified atom stereocenters. The zero-order valence-corrected chi connectivity index (χ0v) is 9.93. The summed E-state index contributed by atoms with van der Waals surface area (Å²) in [7, 11) is 0. The fourth-order valence-corrected chi connectivity index (χ4v) is 2.28. The van der Waals surface area contributed by atoms with Gasteiger partial charge < -0.3 is 5.32 Å². The Morgan fingerprint density at radius 1 is 1.27 bits per heavy atom. The van der Waals surface area contributed by atoms with E-state index in [9.17, 15) is 0 Å². The maximum absolute atomic E-state index is 4.64. The molecule has 0 saturated heterocycles. The van der Waals surface area contributed by atoms with Crippen LogP contribution in [-0.4, -0.2) is 11.0 Å². The van der Waals surface area contributed by atoms with Crippen molar-refractivity contribution in [2.75, 3.05) is 5.32 Å². The largest absolute Gasteiger partial charge is 0.383 e. The molecule has 0 bridgehead atoms. The Bertz CT molecular complexity index is 356. The summed E-state index contributed by atoms with van der Waals surface area (Å²) in [6, 6.07) is 2.68. The summed E-state index contributed by atoms with van der Waals surface area (Å²) in [6.07, 6.45) is 4.95. The van der Waals surface area contributed by atoms with Crippen LogP contribution in [0.2, 0.25) is 0 Å². The first-order valence-electron chi connectivity index (χ1n) is 5.93. The van der Waals surface area contributed by atoms with E-state index in [0.29, 0.717) is 6.04 Å². The molecule has 0 amide bonds. The van der Waals surface area contributed by atoms with Crippen molar-refractivity contribution >= 4 is 5.69 Å². The molecule has 0 spiro atoms. The molecule has 0 aliphatic heterocycles. The Labute approximate surface area is 92.1 Å². The molecule has 0 atom stereocenters. The van der Waals surface area contributed by atoms with Gasteiger partial charge in [0.1, 0.15) is 0 Å². The number of pyridine rings is 1. The summed E-state index contributed by atoms with van der Waals surface area (Å²) in [4.78, 5) is 4.64. The second-order valence-corrected chi connectivity index (χ2v) is 4.74. The molecule has 15 heavy (non-hydrogen) atoms. The normalized spacial score (nSPS) is 15.2. The third-order valence-corrected chi connectivity index (χ3v) is 2.87. The molecule has 1 aromatic rings. The molecule has 0 aromatic carbocycles. The molecular weight excluding hydrogens is 184 g/mol. The number of nitrogens with one attached hydrogen (secondary N) is 1. The molecule has 2 nitrogen and oxygen atoms in total. The van der Waals surface area contributed by atoms with E-state index >= 15 is 0 Å². The van der Waals surface area contributed by atoms with Gasteiger partial charge in [0.15, 0.2) is 0 Å². The number of anilines is 1. The molecule has 1 aromatic heterocycles. The first-order valence-corrected chi connectivity index (χ1v) is 5.93. The first-order chi connectivity index (χ1) is 7.16. The first kappa shape index (κ1) is 10.5. The van der Waals surface area contributed by atoms with Gasteiger partial charge in [0.2, 0.25) is 0 Å². The van der Waals surface area contributed by atoms with Gasteiger partial charge in [0.25, 0.3) is 0 Å². The Kier molecular flexibility index (Phi) is 2.94. The van der Waals surface area contributed by atoms with E-state index in [-0.39, 0.29) is 0 Å². The lowest BCUT2D eigenvalue weighted by Gasteiger charge is -2.21. The van der Waals surface area contributed by atoms with Crippen LogP contribution in [0.1, 0.15) is 43.6 Å². The van der Waals surface area contributed by atoms with E-state index in [1.165, 1.54) is 36.2 Å². The van der Waals surface area contributed by atoms with Gasteiger partial charge in [-0.3, -0.25) is 4.98 Å². The van der Waals surface area contributed by atoms with Crippen LogP contribution in [0.25, 0.3) is 0 Å². The summed E-state index contributed by atoms with van der Waals surface area (Å²) < 4.78 is 0. The van der Waals surface area contributed by atoms with Crippen LogP contribution in [0.4, 0.5) is 5.69 Å². The van der Waals surface area contributed by atoms with Gasteiger partial charge in [-0.2, -0.15) is 0 Å². The Hall–Kier alpha value is -1.05. The van der Waals surface area contributed by atoms with Crippen molar-refractivity contribution < 1.29 is 0 Å². The Morgan fingerprint density at radius 3 is 2.73 bits per heavy atom. The molecule has 0 radical (unpaired) electrons. The molecule has 0 fully saturated rings. The molecule has 1 aliphatic carbocycles. The van der Waals surface area contributed by atoms with Gasteiger partial charge in [-0.25, -0.2) is 0 Å². The lowest BCUT2D eigenvalue weighted by Crippen LogP contribution is -2.15. The third-order valence-electron chi connectivity index (χ3n) is 2.87. The highest BCUT2D eigenvalue weighted by molar-refractivity contribution is 5.55. The van der Waals surface area contributed by atoms with Gasteiger partial charge in [-0.05, 0) is 58.1 Å². The van der Waals surface area contributed by atoms with Crippen LogP contribution in [-0.2, 0) is 12.8 Å². The minimum absolute atomic E-state index is 0.498. The van der Waals surface area contributed by atoms with Crippen molar-refractivity contribution in [1.82, 2.24) is 4.98 Å². The van der Waals surface area contributed by atoms with Crippen molar-refractivity contribution in [3.05, 3.63) is 23.0 Å². The van der Waals surface area contributed by atoms with Gasteiger partial charge in [-0.1, -0.05) is 0 Å². The van der Waals surface area contributed by atoms with E-state index in [2.05, 4.69) is 37.1 Å². The number of rotatable bonds is 2. The summed E-state index contributed by atoms with van der Waals surface area (Å²) in [6.45, 7) is 6.45. The Balaban J connectivity index is 2.38. The molecule has 2 rings (SSSR count). The smallest absolute Gasteiger partial charge is 0.0459 e. The second-order valence-electron chi connectivity index (χ2n) is 4.74. The summed E-state index contributed by atoms with van der Waals surface area (Å²) >= 11 is 0. The van der Waals surface area contributed by atoms with Crippen molar-refractivity contribution in [3.63, 3.8) is 0 Å². The lowest BCUT2D eigenvalue weighted by molar-refractivity contribution is 0.665. The number of hydrogen-bond donors (Lipinski definition) is 1. The van der Waals surface area contributed by atoms with Crippen LogP contribution in [0.15, 0.2) is 6.07 Å². The number of nitrogens with zero attached hydrogens (tertiary/aromatic N) is 1. The Morgan fingerprint density at radius 2 is 2.00 bits per heavy atom. The van der Waals surface area contributed by atoms with Crippen molar-refractivity contribution in [3.8, 4) is 0 Å². The maximum atomic E-state index is 4.64. The second kappa shape index (κ2) is 4.21. The molecule has 0 saturated carbocycles. The minimum atomic E-state index is 0.498. The fourth-order valence-electron chi connectivity index (χ4n) is 2.28.